The molecular formula is C16H15NO4. The fraction of sp³-hybridized carbons (Fsp3) is 0.125. The molecule has 0 aliphatic heterocycles. The first-order valence-corrected chi connectivity index (χ1v) is 6.36. The van der Waals surface area contributed by atoms with Crippen LogP contribution in [0.5, 0.6) is 11.5 Å². The fourth-order valence-corrected chi connectivity index (χ4v) is 1.87. The van der Waals surface area contributed by atoms with Crippen molar-refractivity contribution < 1.29 is 19.4 Å². The van der Waals surface area contributed by atoms with Gasteiger partial charge in [0, 0.05) is 6.92 Å². The van der Waals surface area contributed by atoms with Crippen molar-refractivity contribution in [1.29, 1.82) is 0 Å². The monoisotopic (exact) mass is 285 g/mol. The number of hydrogen-bond donors (Lipinski definition) is 2. The Morgan fingerprint density at radius 2 is 1.81 bits per heavy atom. The van der Waals surface area contributed by atoms with Crippen LogP contribution in [-0.2, 0) is 4.79 Å². The van der Waals surface area contributed by atoms with Gasteiger partial charge in [-0.05, 0) is 31.2 Å². The Morgan fingerprint density at radius 1 is 1.10 bits per heavy atom. The standard InChI is InChI=1S/C16H15NO4/c1-10-7-8-14(12(9-10)16(19)20)21-15-6-4-3-5-13(15)17-11(2)18/h3-9H,1-2H3,(H,17,18)(H,19,20). The molecule has 1 amide bonds. The molecule has 0 saturated heterocycles. The van der Waals surface area contributed by atoms with Gasteiger partial charge in [0.15, 0.2) is 5.75 Å². The summed E-state index contributed by atoms with van der Waals surface area (Å²) in [7, 11) is 0. The number of aromatic carboxylic acids is 1. The second kappa shape index (κ2) is 6.09. The molecule has 0 fully saturated rings. The molecule has 0 heterocycles. The Balaban J connectivity index is 2.39. The average Bonchev–Trinajstić information content (AvgIpc) is 2.42. The van der Waals surface area contributed by atoms with Gasteiger partial charge in [-0.2, -0.15) is 0 Å². The van der Waals surface area contributed by atoms with Crippen LogP contribution in [0.2, 0.25) is 0 Å². The molecule has 2 aromatic carbocycles. The van der Waals surface area contributed by atoms with Crippen molar-refractivity contribution in [2.75, 3.05) is 5.32 Å². The van der Waals surface area contributed by atoms with Crippen LogP contribution in [0.15, 0.2) is 42.5 Å². The molecule has 21 heavy (non-hydrogen) atoms. The van der Waals surface area contributed by atoms with E-state index in [2.05, 4.69) is 5.32 Å². The van der Waals surface area contributed by atoms with Crippen molar-refractivity contribution in [3.63, 3.8) is 0 Å². The quantitative estimate of drug-likeness (QED) is 0.902. The van der Waals surface area contributed by atoms with Gasteiger partial charge in [0.25, 0.3) is 0 Å². The average molecular weight is 285 g/mol. The summed E-state index contributed by atoms with van der Waals surface area (Å²) in [5.41, 5.74) is 1.39. The van der Waals surface area contributed by atoms with Crippen molar-refractivity contribution in [3.05, 3.63) is 53.6 Å². The number of aryl methyl sites for hydroxylation is 1. The topological polar surface area (TPSA) is 75.6 Å². The summed E-state index contributed by atoms with van der Waals surface area (Å²) in [5, 5.41) is 11.9. The van der Waals surface area contributed by atoms with E-state index in [4.69, 9.17) is 4.74 Å². The number of rotatable bonds is 4. The molecule has 0 aliphatic rings. The molecule has 0 bridgehead atoms. The van der Waals surface area contributed by atoms with Crippen LogP contribution in [0.25, 0.3) is 0 Å². The Kier molecular flexibility index (Phi) is 4.23. The van der Waals surface area contributed by atoms with E-state index in [1.165, 1.54) is 6.92 Å². The first-order valence-electron chi connectivity index (χ1n) is 6.36. The molecule has 2 rings (SSSR count). The lowest BCUT2D eigenvalue weighted by atomic mass is 10.1. The van der Waals surface area contributed by atoms with E-state index in [0.29, 0.717) is 11.4 Å². The van der Waals surface area contributed by atoms with Gasteiger partial charge in [-0.3, -0.25) is 4.79 Å². The van der Waals surface area contributed by atoms with Crippen molar-refractivity contribution in [2.24, 2.45) is 0 Å². The molecule has 0 spiro atoms. The van der Waals surface area contributed by atoms with E-state index in [9.17, 15) is 14.7 Å². The zero-order valence-electron chi connectivity index (χ0n) is 11.7. The summed E-state index contributed by atoms with van der Waals surface area (Å²) in [6.07, 6.45) is 0. The van der Waals surface area contributed by atoms with Crippen LogP contribution in [0, 0.1) is 6.92 Å². The van der Waals surface area contributed by atoms with E-state index in [-0.39, 0.29) is 17.2 Å². The van der Waals surface area contributed by atoms with E-state index in [0.717, 1.165) is 5.56 Å². The number of hydrogen-bond acceptors (Lipinski definition) is 3. The van der Waals surface area contributed by atoms with Crippen molar-refractivity contribution in [1.82, 2.24) is 0 Å². The first kappa shape index (κ1) is 14.6. The maximum absolute atomic E-state index is 11.3. The Bertz CT molecular complexity index is 694. The van der Waals surface area contributed by atoms with Crippen molar-refractivity contribution >= 4 is 17.6 Å². The molecule has 5 heteroatoms. The number of carbonyl (C=O) groups excluding carboxylic acids is 1. The number of nitrogens with one attached hydrogen (secondary N) is 1. The normalized spacial score (nSPS) is 10.0. The number of benzene rings is 2. The maximum atomic E-state index is 11.3. The summed E-state index contributed by atoms with van der Waals surface area (Å²) >= 11 is 0. The van der Waals surface area contributed by atoms with Gasteiger partial charge in [0.05, 0.1) is 5.69 Å². The van der Waals surface area contributed by atoms with E-state index < -0.39 is 5.97 Å². The molecule has 5 nitrogen and oxygen atoms in total. The van der Waals surface area contributed by atoms with Crippen LogP contribution >= 0.6 is 0 Å². The lowest BCUT2D eigenvalue weighted by molar-refractivity contribution is -0.114. The van der Waals surface area contributed by atoms with Crippen LogP contribution in [0.4, 0.5) is 5.69 Å². The Morgan fingerprint density at radius 3 is 2.48 bits per heavy atom. The molecule has 0 aromatic heterocycles. The minimum absolute atomic E-state index is 0.0765. The molecule has 2 aromatic rings. The number of para-hydroxylation sites is 2. The van der Waals surface area contributed by atoms with Crippen LogP contribution in [0.1, 0.15) is 22.8 Å². The number of ether oxygens (including phenoxy) is 1. The number of carbonyl (C=O) groups is 2. The summed E-state index contributed by atoms with van der Waals surface area (Å²) < 4.78 is 5.66. The molecule has 0 atom stereocenters. The van der Waals surface area contributed by atoms with Crippen molar-refractivity contribution in [3.8, 4) is 11.5 Å². The molecule has 0 aliphatic carbocycles. The van der Waals surface area contributed by atoms with Gasteiger partial charge < -0.3 is 15.2 Å². The van der Waals surface area contributed by atoms with Crippen LogP contribution in [0.3, 0.4) is 0 Å². The minimum atomic E-state index is -1.06. The highest BCUT2D eigenvalue weighted by Gasteiger charge is 2.14. The highest BCUT2D eigenvalue weighted by atomic mass is 16.5. The molecule has 2 N–H and O–H groups in total. The molecular weight excluding hydrogens is 270 g/mol. The Labute approximate surface area is 122 Å². The van der Waals surface area contributed by atoms with Gasteiger partial charge in [-0.15, -0.1) is 0 Å². The second-order valence-electron chi connectivity index (χ2n) is 4.58. The van der Waals surface area contributed by atoms with Gasteiger partial charge >= 0.3 is 5.97 Å². The fourth-order valence-electron chi connectivity index (χ4n) is 1.87. The van der Waals surface area contributed by atoms with Gasteiger partial charge in [0.1, 0.15) is 11.3 Å². The minimum Gasteiger partial charge on any atom is -0.478 e. The lowest BCUT2D eigenvalue weighted by Crippen LogP contribution is -2.07. The zero-order chi connectivity index (χ0) is 15.4. The van der Waals surface area contributed by atoms with E-state index >= 15 is 0 Å². The number of carboxylic acids is 1. The molecule has 0 unspecified atom stereocenters. The summed E-state index contributed by atoms with van der Waals surface area (Å²) in [5.74, 6) is -0.677. The van der Waals surface area contributed by atoms with E-state index in [1.54, 1.807) is 42.5 Å². The van der Waals surface area contributed by atoms with Gasteiger partial charge in [0.2, 0.25) is 5.91 Å². The highest BCUT2D eigenvalue weighted by Crippen LogP contribution is 2.31. The zero-order valence-corrected chi connectivity index (χ0v) is 11.7. The largest absolute Gasteiger partial charge is 0.478 e. The van der Waals surface area contributed by atoms with Crippen LogP contribution in [-0.4, -0.2) is 17.0 Å². The number of carboxylic acid groups (broad SMARTS) is 1. The predicted molar refractivity (Wildman–Crippen MR) is 79.0 cm³/mol. The third-order valence-corrected chi connectivity index (χ3v) is 2.78. The van der Waals surface area contributed by atoms with Gasteiger partial charge in [-0.1, -0.05) is 23.8 Å². The summed E-state index contributed by atoms with van der Waals surface area (Å²) in [4.78, 5) is 22.5. The van der Waals surface area contributed by atoms with Crippen LogP contribution < -0.4 is 10.1 Å². The molecule has 0 radical (unpaired) electrons. The lowest BCUT2D eigenvalue weighted by Gasteiger charge is -2.13. The number of anilines is 1. The molecule has 108 valence electrons. The van der Waals surface area contributed by atoms with Crippen molar-refractivity contribution in [2.45, 2.75) is 13.8 Å². The summed E-state index contributed by atoms with van der Waals surface area (Å²) in [6.45, 7) is 3.20. The third-order valence-electron chi connectivity index (χ3n) is 2.78. The predicted octanol–water partition coefficient (Wildman–Crippen LogP) is 3.44. The summed E-state index contributed by atoms with van der Waals surface area (Å²) in [6, 6.07) is 11.8. The third kappa shape index (κ3) is 3.60. The van der Waals surface area contributed by atoms with Gasteiger partial charge in [-0.25, -0.2) is 4.79 Å². The SMILES string of the molecule is CC(=O)Nc1ccccc1Oc1ccc(C)cc1C(=O)O. The highest BCUT2D eigenvalue weighted by molar-refractivity contribution is 5.92. The smallest absolute Gasteiger partial charge is 0.339 e. The number of amides is 1. The first-order chi connectivity index (χ1) is 9.97. The maximum Gasteiger partial charge on any atom is 0.339 e. The van der Waals surface area contributed by atoms with E-state index in [1.807, 2.05) is 6.92 Å². The second-order valence-corrected chi connectivity index (χ2v) is 4.58. The Hall–Kier alpha value is -2.82. The molecule has 0 saturated carbocycles.